The molecule has 34 heavy (non-hydrogen) atoms. The number of hydrogen-bond acceptors (Lipinski definition) is 6. The Kier molecular flexibility index (Phi) is 5.85. The summed E-state index contributed by atoms with van der Waals surface area (Å²) >= 11 is 2.85. The second-order valence-electron chi connectivity index (χ2n) is 8.19. The van der Waals surface area contributed by atoms with Gasteiger partial charge >= 0.3 is 0 Å². The maximum absolute atomic E-state index is 13.4. The van der Waals surface area contributed by atoms with Gasteiger partial charge in [0.1, 0.15) is 4.83 Å². The van der Waals surface area contributed by atoms with Crippen molar-refractivity contribution in [3.63, 3.8) is 0 Å². The number of anilines is 2. The summed E-state index contributed by atoms with van der Waals surface area (Å²) in [5.41, 5.74) is 5.50. The minimum atomic E-state index is -0.118. The Bertz CT molecular complexity index is 1560. The van der Waals surface area contributed by atoms with Gasteiger partial charge < -0.3 is 0 Å². The van der Waals surface area contributed by atoms with Crippen LogP contribution in [0.1, 0.15) is 23.7 Å². The second kappa shape index (κ2) is 8.96. The van der Waals surface area contributed by atoms with Crippen LogP contribution in [0.3, 0.4) is 0 Å². The molecule has 5 rings (SSSR count). The predicted molar refractivity (Wildman–Crippen MR) is 139 cm³/mol. The minimum absolute atomic E-state index is 0.0986. The largest absolute Gasteiger partial charge is 0.293 e. The highest BCUT2D eigenvalue weighted by Gasteiger charge is 2.19. The van der Waals surface area contributed by atoms with E-state index in [0.717, 1.165) is 27.2 Å². The number of thiazole rings is 1. The summed E-state index contributed by atoms with van der Waals surface area (Å²) in [6, 6.07) is 15.9. The van der Waals surface area contributed by atoms with Crippen LogP contribution in [0.5, 0.6) is 0 Å². The van der Waals surface area contributed by atoms with Gasteiger partial charge in [0, 0.05) is 23.2 Å². The standard InChI is InChI=1S/C26H22N4O2S2/c1-16-7-9-19(10-8-16)22-14-33-24-23(22)25(32)29(15-27-24)12-20-13-34-26(28-20)30(18(3)31)21-6-4-5-17(2)11-21/h4-11,13-15H,12H2,1-3H3. The molecule has 5 aromatic rings. The van der Waals surface area contributed by atoms with Crippen LogP contribution in [0.2, 0.25) is 0 Å². The van der Waals surface area contributed by atoms with Gasteiger partial charge in [0.2, 0.25) is 5.91 Å². The number of thiophene rings is 1. The van der Waals surface area contributed by atoms with Crippen LogP contribution in [0, 0.1) is 13.8 Å². The normalized spacial score (nSPS) is 11.1. The maximum atomic E-state index is 13.4. The van der Waals surface area contributed by atoms with Gasteiger partial charge in [-0.1, -0.05) is 42.0 Å². The Morgan fingerprint density at radius 2 is 1.82 bits per heavy atom. The van der Waals surface area contributed by atoms with Crippen LogP contribution in [0.15, 0.2) is 70.4 Å². The first-order valence-electron chi connectivity index (χ1n) is 10.8. The molecule has 0 fully saturated rings. The van der Waals surface area contributed by atoms with E-state index in [-0.39, 0.29) is 18.0 Å². The highest BCUT2D eigenvalue weighted by molar-refractivity contribution is 7.17. The van der Waals surface area contributed by atoms with Crippen molar-refractivity contribution in [2.45, 2.75) is 27.3 Å². The summed E-state index contributed by atoms with van der Waals surface area (Å²) in [5.74, 6) is -0.118. The molecule has 0 saturated heterocycles. The number of aromatic nitrogens is 3. The van der Waals surface area contributed by atoms with Gasteiger partial charge in [-0.05, 0) is 37.1 Å². The number of fused-ring (bicyclic) bond motifs is 1. The van der Waals surface area contributed by atoms with Gasteiger partial charge in [0.25, 0.3) is 5.56 Å². The molecule has 0 atom stereocenters. The second-order valence-corrected chi connectivity index (χ2v) is 9.88. The molecule has 0 spiro atoms. The van der Waals surface area contributed by atoms with Gasteiger partial charge in [-0.2, -0.15) is 0 Å². The van der Waals surface area contributed by atoms with Crippen LogP contribution in [0.4, 0.5) is 10.8 Å². The van der Waals surface area contributed by atoms with E-state index in [1.807, 2.05) is 73.1 Å². The zero-order valence-electron chi connectivity index (χ0n) is 19.0. The molecule has 0 bridgehead atoms. The predicted octanol–water partition coefficient (Wildman–Crippen LogP) is 5.93. The fourth-order valence-corrected chi connectivity index (χ4v) is 5.65. The fourth-order valence-electron chi connectivity index (χ4n) is 3.87. The molecule has 2 aromatic carbocycles. The molecule has 0 radical (unpaired) electrons. The summed E-state index contributed by atoms with van der Waals surface area (Å²) in [6.07, 6.45) is 1.57. The molecule has 0 saturated carbocycles. The van der Waals surface area contributed by atoms with Crippen LogP contribution in [-0.2, 0) is 11.3 Å². The summed E-state index contributed by atoms with van der Waals surface area (Å²) < 4.78 is 1.58. The molecular weight excluding hydrogens is 464 g/mol. The van der Waals surface area contributed by atoms with E-state index in [4.69, 9.17) is 0 Å². The van der Waals surface area contributed by atoms with Gasteiger partial charge in [-0.3, -0.25) is 19.1 Å². The quantitative estimate of drug-likeness (QED) is 0.309. The van der Waals surface area contributed by atoms with Crippen molar-refractivity contribution in [1.82, 2.24) is 14.5 Å². The van der Waals surface area contributed by atoms with Crippen molar-refractivity contribution in [2.24, 2.45) is 0 Å². The lowest BCUT2D eigenvalue weighted by atomic mass is 10.1. The van der Waals surface area contributed by atoms with Crippen molar-refractivity contribution in [1.29, 1.82) is 0 Å². The van der Waals surface area contributed by atoms with Crippen LogP contribution in [-0.4, -0.2) is 20.4 Å². The van der Waals surface area contributed by atoms with Gasteiger partial charge in [-0.15, -0.1) is 22.7 Å². The Balaban J connectivity index is 1.49. The third-order valence-corrected chi connectivity index (χ3v) is 7.32. The monoisotopic (exact) mass is 486 g/mol. The lowest BCUT2D eigenvalue weighted by Crippen LogP contribution is -2.23. The van der Waals surface area contributed by atoms with Crippen molar-refractivity contribution >= 4 is 49.6 Å². The number of carbonyl (C=O) groups is 1. The first-order chi connectivity index (χ1) is 16.4. The molecule has 170 valence electrons. The number of amides is 1. The average molecular weight is 487 g/mol. The van der Waals surface area contributed by atoms with E-state index in [1.165, 1.54) is 35.2 Å². The van der Waals surface area contributed by atoms with Crippen LogP contribution in [0.25, 0.3) is 21.3 Å². The Morgan fingerprint density at radius 1 is 1.03 bits per heavy atom. The zero-order valence-corrected chi connectivity index (χ0v) is 20.6. The first kappa shape index (κ1) is 22.2. The van der Waals surface area contributed by atoms with Gasteiger partial charge in [0.15, 0.2) is 5.13 Å². The molecule has 0 aliphatic heterocycles. The fraction of sp³-hybridized carbons (Fsp3) is 0.154. The first-order valence-corrected chi connectivity index (χ1v) is 12.5. The molecule has 1 amide bonds. The van der Waals surface area contributed by atoms with Gasteiger partial charge in [0.05, 0.1) is 29.6 Å². The zero-order chi connectivity index (χ0) is 23.8. The Morgan fingerprint density at radius 3 is 2.56 bits per heavy atom. The number of nitrogens with zero attached hydrogens (tertiary/aromatic N) is 4. The third-order valence-electron chi connectivity index (χ3n) is 5.56. The number of benzene rings is 2. The summed E-state index contributed by atoms with van der Waals surface area (Å²) in [4.78, 5) is 37.3. The Hall–Kier alpha value is -3.62. The topological polar surface area (TPSA) is 68.1 Å². The van der Waals surface area contributed by atoms with Crippen molar-refractivity contribution in [2.75, 3.05) is 4.90 Å². The molecular formula is C26H22N4O2S2. The van der Waals surface area contributed by atoms with Crippen molar-refractivity contribution < 1.29 is 4.79 Å². The van der Waals surface area contributed by atoms with Crippen LogP contribution >= 0.6 is 22.7 Å². The van der Waals surface area contributed by atoms with Crippen LogP contribution < -0.4 is 10.5 Å². The minimum Gasteiger partial charge on any atom is -0.293 e. The van der Waals surface area contributed by atoms with Crippen molar-refractivity contribution in [3.8, 4) is 11.1 Å². The molecule has 3 aromatic heterocycles. The van der Waals surface area contributed by atoms with Gasteiger partial charge in [-0.25, -0.2) is 9.97 Å². The lowest BCUT2D eigenvalue weighted by Gasteiger charge is -2.18. The van der Waals surface area contributed by atoms with Crippen molar-refractivity contribution in [3.05, 3.63) is 92.8 Å². The molecule has 8 heteroatoms. The van der Waals surface area contributed by atoms with E-state index in [1.54, 1.807) is 15.8 Å². The third kappa shape index (κ3) is 4.18. The highest BCUT2D eigenvalue weighted by Crippen LogP contribution is 2.32. The smallest absolute Gasteiger partial charge is 0.263 e. The van der Waals surface area contributed by atoms with E-state index in [9.17, 15) is 9.59 Å². The van der Waals surface area contributed by atoms with E-state index >= 15 is 0 Å². The summed E-state index contributed by atoms with van der Waals surface area (Å²) in [5, 5.41) is 5.07. The highest BCUT2D eigenvalue weighted by atomic mass is 32.1. The molecule has 0 aliphatic carbocycles. The molecule has 3 heterocycles. The number of aryl methyl sites for hydroxylation is 2. The summed E-state index contributed by atoms with van der Waals surface area (Å²) in [7, 11) is 0. The van der Waals surface area contributed by atoms with E-state index in [0.29, 0.717) is 16.2 Å². The molecule has 0 unspecified atom stereocenters. The Labute approximate surface area is 204 Å². The molecule has 0 aliphatic rings. The maximum Gasteiger partial charge on any atom is 0.263 e. The molecule has 0 N–H and O–H groups in total. The van der Waals surface area contributed by atoms with E-state index < -0.39 is 0 Å². The average Bonchev–Trinajstić information content (AvgIpc) is 3.44. The molecule has 6 nitrogen and oxygen atoms in total. The lowest BCUT2D eigenvalue weighted by molar-refractivity contribution is -0.115. The number of rotatable bonds is 5. The number of carbonyl (C=O) groups excluding carboxylic acids is 1. The summed E-state index contributed by atoms with van der Waals surface area (Å²) in [6.45, 7) is 5.83. The SMILES string of the molecule is CC(=O)N(c1cccc(C)c1)c1nc(Cn2cnc3scc(-c4ccc(C)cc4)c3c2=O)cs1. The van der Waals surface area contributed by atoms with E-state index in [2.05, 4.69) is 9.97 Å². The number of hydrogen-bond donors (Lipinski definition) is 0.